The van der Waals surface area contributed by atoms with Crippen molar-refractivity contribution in [1.29, 1.82) is 0 Å². The van der Waals surface area contributed by atoms with Crippen LogP contribution in [0.4, 0.5) is 5.82 Å². The van der Waals surface area contributed by atoms with Gasteiger partial charge in [0.05, 0.1) is 25.5 Å². The fraction of sp³-hybridized carbons (Fsp3) is 0.0952. The van der Waals surface area contributed by atoms with E-state index in [9.17, 15) is 0 Å². The van der Waals surface area contributed by atoms with Crippen molar-refractivity contribution in [2.75, 3.05) is 5.32 Å². The fourth-order valence-corrected chi connectivity index (χ4v) is 3.82. The highest BCUT2D eigenvalue weighted by Gasteiger charge is 2.12. The van der Waals surface area contributed by atoms with Crippen LogP contribution in [0.2, 0.25) is 0 Å². The Bertz CT molecular complexity index is 1190. The molecule has 138 valence electrons. The van der Waals surface area contributed by atoms with Crippen LogP contribution >= 0.6 is 11.3 Å². The number of anilines is 1. The zero-order valence-electron chi connectivity index (χ0n) is 15.1. The van der Waals surface area contributed by atoms with Gasteiger partial charge in [-0.2, -0.15) is 14.7 Å². The van der Waals surface area contributed by atoms with E-state index < -0.39 is 0 Å². The van der Waals surface area contributed by atoms with Gasteiger partial charge in [0.25, 0.3) is 0 Å². The van der Waals surface area contributed by atoms with Crippen molar-refractivity contribution < 1.29 is 0 Å². The Morgan fingerprint density at radius 1 is 0.964 bits per heavy atom. The van der Waals surface area contributed by atoms with E-state index in [-0.39, 0.29) is 0 Å². The van der Waals surface area contributed by atoms with Crippen LogP contribution in [-0.2, 0) is 13.1 Å². The first kappa shape index (κ1) is 16.7. The molecule has 5 aromatic rings. The Morgan fingerprint density at radius 3 is 2.75 bits per heavy atom. The molecule has 1 aromatic carbocycles. The second-order valence-electron chi connectivity index (χ2n) is 6.47. The molecular formula is C21H18N6S. The molecule has 0 amide bonds. The molecule has 0 bridgehead atoms. The zero-order valence-corrected chi connectivity index (χ0v) is 15.9. The average Bonchev–Trinajstić information content (AvgIpc) is 3.48. The van der Waals surface area contributed by atoms with Gasteiger partial charge in [-0.05, 0) is 23.1 Å². The van der Waals surface area contributed by atoms with Gasteiger partial charge in [-0.3, -0.25) is 4.68 Å². The highest BCUT2D eigenvalue weighted by molar-refractivity contribution is 7.09. The van der Waals surface area contributed by atoms with Gasteiger partial charge in [0.1, 0.15) is 5.82 Å². The number of rotatable bonds is 6. The molecule has 0 aliphatic carbocycles. The number of hydrogen-bond acceptors (Lipinski definition) is 5. The summed E-state index contributed by atoms with van der Waals surface area (Å²) in [7, 11) is 0. The van der Waals surface area contributed by atoms with Crippen molar-refractivity contribution in [1.82, 2.24) is 24.4 Å². The van der Waals surface area contributed by atoms with Crippen molar-refractivity contribution >= 4 is 22.8 Å². The molecule has 7 heteroatoms. The van der Waals surface area contributed by atoms with Crippen LogP contribution in [-0.4, -0.2) is 24.4 Å². The second-order valence-corrected chi connectivity index (χ2v) is 7.50. The van der Waals surface area contributed by atoms with Gasteiger partial charge < -0.3 is 5.32 Å². The van der Waals surface area contributed by atoms with Crippen LogP contribution in [0.1, 0.15) is 10.4 Å². The Morgan fingerprint density at radius 2 is 1.89 bits per heavy atom. The normalized spacial score (nSPS) is 11.1. The lowest BCUT2D eigenvalue weighted by Gasteiger charge is -2.07. The second kappa shape index (κ2) is 7.28. The predicted molar refractivity (Wildman–Crippen MR) is 111 cm³/mol. The van der Waals surface area contributed by atoms with Crippen LogP contribution in [0.25, 0.3) is 16.8 Å². The van der Waals surface area contributed by atoms with E-state index in [0.717, 1.165) is 35.7 Å². The molecule has 0 aliphatic heterocycles. The van der Waals surface area contributed by atoms with E-state index in [2.05, 4.69) is 50.1 Å². The number of fused-ring (bicyclic) bond motifs is 1. The van der Waals surface area contributed by atoms with Gasteiger partial charge in [0, 0.05) is 28.4 Å². The highest BCUT2D eigenvalue weighted by Crippen LogP contribution is 2.25. The number of benzene rings is 1. The van der Waals surface area contributed by atoms with E-state index in [4.69, 9.17) is 0 Å². The van der Waals surface area contributed by atoms with E-state index in [1.807, 2.05) is 58.3 Å². The molecule has 5 rings (SSSR count). The van der Waals surface area contributed by atoms with Crippen molar-refractivity contribution in [3.05, 3.63) is 89.1 Å². The summed E-state index contributed by atoms with van der Waals surface area (Å²) < 4.78 is 3.78. The number of nitrogens with one attached hydrogen (secondary N) is 1. The lowest BCUT2D eigenvalue weighted by atomic mass is 10.2. The lowest BCUT2D eigenvalue weighted by molar-refractivity contribution is 0.687. The molecule has 0 saturated carbocycles. The summed E-state index contributed by atoms with van der Waals surface area (Å²) in [4.78, 5) is 5.82. The Labute approximate surface area is 166 Å². The monoisotopic (exact) mass is 386 g/mol. The van der Waals surface area contributed by atoms with Gasteiger partial charge in [-0.25, -0.2) is 4.98 Å². The summed E-state index contributed by atoms with van der Waals surface area (Å²) >= 11 is 1.73. The molecule has 28 heavy (non-hydrogen) atoms. The molecule has 0 unspecified atom stereocenters. The molecule has 0 radical (unpaired) electrons. The lowest BCUT2D eigenvalue weighted by Crippen LogP contribution is -2.04. The van der Waals surface area contributed by atoms with Crippen LogP contribution in [0.15, 0.2) is 78.7 Å². The van der Waals surface area contributed by atoms with Crippen LogP contribution in [0.5, 0.6) is 0 Å². The molecule has 0 fully saturated rings. The smallest absolute Gasteiger partial charge is 0.165 e. The average molecular weight is 386 g/mol. The molecule has 1 N–H and O–H groups in total. The predicted octanol–water partition coefficient (Wildman–Crippen LogP) is 4.31. The van der Waals surface area contributed by atoms with E-state index >= 15 is 0 Å². The number of nitrogens with zero attached hydrogens (tertiary/aromatic N) is 5. The molecule has 0 atom stereocenters. The minimum absolute atomic E-state index is 0.737. The summed E-state index contributed by atoms with van der Waals surface area (Å²) in [6, 6.07) is 16.4. The first-order chi connectivity index (χ1) is 13.9. The summed E-state index contributed by atoms with van der Waals surface area (Å²) in [6.07, 6.45) is 7.57. The van der Waals surface area contributed by atoms with Crippen molar-refractivity contribution in [3.63, 3.8) is 0 Å². The largest absolute Gasteiger partial charge is 0.365 e. The maximum Gasteiger partial charge on any atom is 0.165 e. The molecule has 4 aromatic heterocycles. The Balaban J connectivity index is 1.41. The number of aromatic nitrogens is 5. The van der Waals surface area contributed by atoms with Crippen LogP contribution in [0.3, 0.4) is 0 Å². The highest BCUT2D eigenvalue weighted by atomic mass is 32.1. The molecule has 6 nitrogen and oxygen atoms in total. The Hall–Kier alpha value is -3.45. The first-order valence-corrected chi connectivity index (χ1v) is 9.90. The molecule has 4 heterocycles. The van der Waals surface area contributed by atoms with Crippen LogP contribution < -0.4 is 5.32 Å². The standard InChI is InChI=1S/C21H18N6S/c1-2-5-16(6-3-1)14-26-15-17(11-24-26)19-13-25-27-20(8-9-22-21(19)27)23-12-18-7-4-10-28-18/h1-11,13,15,23H,12,14H2. The maximum absolute atomic E-state index is 4.55. The zero-order chi connectivity index (χ0) is 18.8. The molecular weight excluding hydrogens is 368 g/mol. The summed E-state index contributed by atoms with van der Waals surface area (Å²) in [5, 5.41) is 14.6. The maximum atomic E-state index is 4.55. The van der Waals surface area contributed by atoms with Gasteiger partial charge in [-0.1, -0.05) is 36.4 Å². The van der Waals surface area contributed by atoms with Crippen molar-refractivity contribution in [2.45, 2.75) is 13.1 Å². The van der Waals surface area contributed by atoms with E-state index in [0.29, 0.717) is 0 Å². The summed E-state index contributed by atoms with van der Waals surface area (Å²) in [6.45, 7) is 1.50. The van der Waals surface area contributed by atoms with Gasteiger partial charge in [-0.15, -0.1) is 11.3 Å². The van der Waals surface area contributed by atoms with E-state index in [1.165, 1.54) is 10.4 Å². The van der Waals surface area contributed by atoms with Gasteiger partial charge >= 0.3 is 0 Å². The minimum atomic E-state index is 0.737. The summed E-state index contributed by atoms with van der Waals surface area (Å²) in [5.74, 6) is 0.918. The SMILES string of the molecule is c1ccc(Cn2cc(-c3cnn4c(NCc5cccs5)ccnc34)cn2)cc1. The van der Waals surface area contributed by atoms with Gasteiger partial charge in [0.2, 0.25) is 0 Å². The topological polar surface area (TPSA) is 60.0 Å². The molecule has 0 aliphatic rings. The third-order valence-corrected chi connectivity index (χ3v) is 5.43. The fourth-order valence-electron chi connectivity index (χ4n) is 3.18. The third-order valence-electron chi connectivity index (χ3n) is 4.56. The molecule has 0 spiro atoms. The number of thiophene rings is 1. The first-order valence-electron chi connectivity index (χ1n) is 9.02. The quantitative estimate of drug-likeness (QED) is 0.472. The third kappa shape index (κ3) is 3.27. The summed E-state index contributed by atoms with van der Waals surface area (Å²) in [5.41, 5.74) is 4.01. The van der Waals surface area contributed by atoms with Crippen molar-refractivity contribution in [3.8, 4) is 11.1 Å². The van der Waals surface area contributed by atoms with Crippen LogP contribution in [0, 0.1) is 0 Å². The number of hydrogen-bond donors (Lipinski definition) is 1. The van der Waals surface area contributed by atoms with Gasteiger partial charge in [0.15, 0.2) is 5.65 Å². The Kier molecular flexibility index (Phi) is 4.34. The van der Waals surface area contributed by atoms with Crippen molar-refractivity contribution in [2.24, 2.45) is 0 Å². The minimum Gasteiger partial charge on any atom is -0.365 e. The van der Waals surface area contributed by atoms with E-state index in [1.54, 1.807) is 11.3 Å². The molecule has 0 saturated heterocycles.